The molecule has 2 saturated carbocycles. The maximum Gasteiger partial charge on any atom is 0.303 e. The summed E-state index contributed by atoms with van der Waals surface area (Å²) in [6.07, 6.45) is 23.4. The van der Waals surface area contributed by atoms with Crippen LogP contribution < -0.4 is 17.2 Å². The number of guanidine groups is 1. The van der Waals surface area contributed by atoms with Gasteiger partial charge in [0.2, 0.25) is 0 Å². The third-order valence-electron chi connectivity index (χ3n) is 11.0. The quantitative estimate of drug-likeness (QED) is 0.0175. The SMILES string of the molecule is CCCCC[C@H](O)C=C[C@H]1[C@H](O)CC(=O)[C@@H]1CCCCCCC(=O)O.CCCCC[C@H](O)C=C[C@H]1[C@H](O)CC(=O)[C@@H]1CCCCCCC(=O)O.NCCCCN=C(N)N. The first-order valence-corrected chi connectivity index (χ1v) is 22.5. The second-order valence-corrected chi connectivity index (χ2v) is 16.2. The number of ketones is 2. The highest BCUT2D eigenvalue weighted by Gasteiger charge is 2.40. The summed E-state index contributed by atoms with van der Waals surface area (Å²) in [6, 6.07) is 0. The minimum atomic E-state index is -0.767. The normalized spacial score (nSPS) is 22.5. The molecule has 2 rings (SSSR count). The van der Waals surface area contributed by atoms with Crippen LogP contribution in [0, 0.1) is 23.7 Å². The predicted molar refractivity (Wildman–Crippen MR) is 233 cm³/mol. The molecule has 342 valence electrons. The number of hydrogen-bond donors (Lipinski definition) is 9. The zero-order chi connectivity index (χ0) is 44.4. The summed E-state index contributed by atoms with van der Waals surface area (Å²) in [5.74, 6) is -1.91. The van der Waals surface area contributed by atoms with Gasteiger partial charge in [0.1, 0.15) is 11.6 Å². The van der Waals surface area contributed by atoms with Crippen LogP contribution >= 0.6 is 0 Å². The van der Waals surface area contributed by atoms with Gasteiger partial charge in [-0.2, -0.15) is 0 Å². The fraction of sp³-hybridized carbons (Fsp3) is 0.800. The Labute approximate surface area is 354 Å². The van der Waals surface area contributed by atoms with Crippen LogP contribution in [0.4, 0.5) is 0 Å². The Hall–Kier alpha value is -3.17. The number of carboxylic acid groups (broad SMARTS) is 2. The first kappa shape index (κ1) is 55.8. The van der Waals surface area contributed by atoms with Crippen LogP contribution in [-0.4, -0.2) is 97.6 Å². The molecular weight excluding hydrogens is 757 g/mol. The molecule has 2 aliphatic rings. The number of aliphatic carboxylic acids is 2. The van der Waals surface area contributed by atoms with Crippen molar-refractivity contribution in [3.63, 3.8) is 0 Å². The van der Waals surface area contributed by atoms with Gasteiger partial charge in [-0.25, -0.2) is 0 Å². The first-order valence-electron chi connectivity index (χ1n) is 22.5. The number of aliphatic hydroxyl groups excluding tert-OH is 4. The van der Waals surface area contributed by atoms with Crippen LogP contribution in [0.15, 0.2) is 29.3 Å². The molecule has 0 amide bonds. The van der Waals surface area contributed by atoms with Gasteiger partial charge in [0, 0.05) is 55.9 Å². The van der Waals surface area contributed by atoms with E-state index in [-0.39, 0.29) is 66.9 Å². The number of Topliss-reactive ketones (excluding diaryl/α,β-unsaturated/α-hetero) is 2. The highest BCUT2D eigenvalue weighted by molar-refractivity contribution is 5.85. The van der Waals surface area contributed by atoms with Crippen molar-refractivity contribution in [3.8, 4) is 0 Å². The topological polar surface area (TPSA) is 280 Å². The summed E-state index contributed by atoms with van der Waals surface area (Å²) in [5.41, 5.74) is 15.4. The molecule has 0 aliphatic heterocycles. The molecule has 0 aromatic heterocycles. The van der Waals surface area contributed by atoms with E-state index in [1.807, 2.05) is 12.2 Å². The Kier molecular flexibility index (Phi) is 33.7. The van der Waals surface area contributed by atoms with E-state index in [0.717, 1.165) is 116 Å². The molecule has 0 saturated heterocycles. The number of hydrogen-bond acceptors (Lipinski definition) is 10. The summed E-state index contributed by atoms with van der Waals surface area (Å²) in [4.78, 5) is 49.0. The van der Waals surface area contributed by atoms with Crippen molar-refractivity contribution >= 4 is 29.5 Å². The van der Waals surface area contributed by atoms with E-state index in [4.69, 9.17) is 27.4 Å². The number of carbonyl (C=O) groups excluding carboxylic acids is 2. The summed E-state index contributed by atoms with van der Waals surface area (Å²) in [7, 11) is 0. The number of carboxylic acids is 2. The fourth-order valence-electron chi connectivity index (χ4n) is 7.55. The molecule has 59 heavy (non-hydrogen) atoms. The van der Waals surface area contributed by atoms with E-state index in [2.05, 4.69) is 18.8 Å². The van der Waals surface area contributed by atoms with Crippen LogP contribution in [0.25, 0.3) is 0 Å². The molecule has 0 aromatic carbocycles. The molecule has 0 unspecified atom stereocenters. The van der Waals surface area contributed by atoms with Gasteiger partial charge in [0.05, 0.1) is 24.4 Å². The van der Waals surface area contributed by atoms with E-state index in [1.165, 1.54) is 0 Å². The smallest absolute Gasteiger partial charge is 0.303 e. The van der Waals surface area contributed by atoms with Crippen molar-refractivity contribution in [2.24, 2.45) is 45.9 Å². The van der Waals surface area contributed by atoms with Crippen molar-refractivity contribution in [1.29, 1.82) is 0 Å². The number of nitrogens with two attached hydrogens (primary N) is 3. The maximum atomic E-state index is 12.1. The largest absolute Gasteiger partial charge is 0.481 e. The van der Waals surface area contributed by atoms with Gasteiger partial charge in [0.15, 0.2) is 5.96 Å². The van der Waals surface area contributed by atoms with E-state index >= 15 is 0 Å². The lowest BCUT2D eigenvalue weighted by molar-refractivity contribution is -0.138. The zero-order valence-corrected chi connectivity index (χ0v) is 36.3. The Balaban J connectivity index is 0.000000946. The van der Waals surface area contributed by atoms with Gasteiger partial charge >= 0.3 is 11.9 Å². The van der Waals surface area contributed by atoms with Crippen molar-refractivity contribution in [2.45, 2.75) is 192 Å². The third kappa shape index (κ3) is 28.9. The molecule has 0 spiro atoms. The van der Waals surface area contributed by atoms with Crippen molar-refractivity contribution in [1.82, 2.24) is 0 Å². The first-order chi connectivity index (χ1) is 28.2. The lowest BCUT2D eigenvalue weighted by atomic mass is 9.88. The Bertz CT molecular complexity index is 1150. The number of unbranched alkanes of at least 4 members (excludes halogenated alkanes) is 11. The predicted octanol–water partition coefficient (Wildman–Crippen LogP) is 5.95. The molecule has 14 heteroatoms. The summed E-state index contributed by atoms with van der Waals surface area (Å²) < 4.78 is 0. The molecule has 14 nitrogen and oxygen atoms in total. The van der Waals surface area contributed by atoms with Gasteiger partial charge in [-0.05, 0) is 57.9 Å². The molecule has 8 atom stereocenters. The number of carbonyl (C=O) groups is 4. The molecule has 2 fully saturated rings. The lowest BCUT2D eigenvalue weighted by Crippen LogP contribution is -2.23. The second-order valence-electron chi connectivity index (χ2n) is 16.2. The van der Waals surface area contributed by atoms with Crippen LogP contribution in [0.3, 0.4) is 0 Å². The minimum Gasteiger partial charge on any atom is -0.481 e. The van der Waals surface area contributed by atoms with Crippen molar-refractivity contribution < 1.29 is 49.8 Å². The second kappa shape index (κ2) is 35.6. The molecule has 2 aliphatic carbocycles. The highest BCUT2D eigenvalue weighted by Crippen LogP contribution is 2.35. The Morgan fingerprint density at radius 3 is 1.41 bits per heavy atom. The van der Waals surface area contributed by atoms with Gasteiger partial charge in [-0.3, -0.25) is 24.2 Å². The van der Waals surface area contributed by atoms with Crippen LogP contribution in [0.5, 0.6) is 0 Å². The van der Waals surface area contributed by atoms with Gasteiger partial charge in [-0.15, -0.1) is 0 Å². The molecular formula is C45H82N4O10. The van der Waals surface area contributed by atoms with Crippen LogP contribution in [0.1, 0.15) is 168 Å². The van der Waals surface area contributed by atoms with Gasteiger partial charge in [-0.1, -0.05) is 115 Å². The highest BCUT2D eigenvalue weighted by atomic mass is 16.4. The van der Waals surface area contributed by atoms with Crippen molar-refractivity contribution in [2.75, 3.05) is 13.1 Å². The minimum absolute atomic E-state index is 0.105. The zero-order valence-electron chi connectivity index (χ0n) is 36.3. The van der Waals surface area contributed by atoms with Crippen molar-refractivity contribution in [3.05, 3.63) is 24.3 Å². The third-order valence-corrected chi connectivity index (χ3v) is 11.0. The van der Waals surface area contributed by atoms with Gasteiger partial charge in [0.25, 0.3) is 0 Å². The molecule has 12 N–H and O–H groups in total. The molecule has 0 heterocycles. The standard InChI is InChI=1S/2C20H34O5.C5H14N4/c2*1-2-3-6-9-15(21)12-13-17-16(18(22)14-19(17)23)10-7-4-5-8-11-20(24)25;6-3-1-2-4-9-5(7)8/h2*12-13,15-17,19,21,23H,2-11,14H2,1H3,(H,24,25);1-4,6H2,(H4,7,8,9)/t2*15-,16+,17+,19+;/m00./s1. The molecule has 0 radical (unpaired) electrons. The average molecular weight is 839 g/mol. The monoisotopic (exact) mass is 839 g/mol. The Morgan fingerprint density at radius 1 is 0.644 bits per heavy atom. The van der Waals surface area contributed by atoms with E-state index < -0.39 is 36.4 Å². The van der Waals surface area contributed by atoms with Crippen LogP contribution in [-0.2, 0) is 19.2 Å². The van der Waals surface area contributed by atoms with E-state index in [0.29, 0.717) is 25.9 Å². The fourth-order valence-corrected chi connectivity index (χ4v) is 7.55. The summed E-state index contributed by atoms with van der Waals surface area (Å²) >= 11 is 0. The summed E-state index contributed by atoms with van der Waals surface area (Å²) in [5, 5.41) is 57.5. The average Bonchev–Trinajstić information content (AvgIpc) is 3.61. The Morgan fingerprint density at radius 2 is 1.05 bits per heavy atom. The van der Waals surface area contributed by atoms with Gasteiger partial charge < -0.3 is 47.8 Å². The number of aliphatic imine (C=N–C) groups is 1. The van der Waals surface area contributed by atoms with E-state index in [1.54, 1.807) is 12.2 Å². The maximum absolute atomic E-state index is 12.1. The number of nitrogens with zero attached hydrogens (tertiary/aromatic N) is 1. The lowest BCUT2D eigenvalue weighted by Gasteiger charge is -2.18. The molecule has 0 aromatic rings. The molecule has 0 bridgehead atoms. The number of aliphatic hydroxyl groups is 4. The van der Waals surface area contributed by atoms with Crippen LogP contribution in [0.2, 0.25) is 0 Å². The van der Waals surface area contributed by atoms with E-state index in [9.17, 15) is 39.6 Å². The summed E-state index contributed by atoms with van der Waals surface area (Å²) in [6.45, 7) is 5.64. The number of rotatable bonds is 30.